The third-order valence-electron chi connectivity index (χ3n) is 5.16. The standard InChI is InChI=1S/C21H19BrN6O/c1-23-21-19(22)18(13-27-6-8-29-9-7-27)26-20-16(12-25-28(20)21)15-10-14-4-2-3-5-17(14)24-11-15/h2-5,10-12H,1,6-9,13H2. The van der Waals surface area contributed by atoms with Gasteiger partial charge in [-0.05, 0) is 34.8 Å². The van der Waals surface area contributed by atoms with Gasteiger partial charge in [-0.1, -0.05) is 18.2 Å². The van der Waals surface area contributed by atoms with Gasteiger partial charge >= 0.3 is 0 Å². The molecule has 5 rings (SSSR count). The summed E-state index contributed by atoms with van der Waals surface area (Å²) in [4.78, 5) is 16.1. The van der Waals surface area contributed by atoms with Crippen molar-refractivity contribution in [2.75, 3.05) is 26.3 Å². The lowest BCUT2D eigenvalue weighted by Crippen LogP contribution is -2.36. The number of aliphatic imine (C=N–C) groups is 1. The normalized spacial score (nSPS) is 15.2. The molecule has 0 bridgehead atoms. The van der Waals surface area contributed by atoms with E-state index in [0.29, 0.717) is 12.4 Å². The average molecular weight is 451 g/mol. The second-order valence-electron chi connectivity index (χ2n) is 6.95. The van der Waals surface area contributed by atoms with E-state index in [2.05, 4.69) is 54.8 Å². The zero-order valence-corrected chi connectivity index (χ0v) is 17.3. The third kappa shape index (κ3) is 3.33. The summed E-state index contributed by atoms with van der Waals surface area (Å²) in [6.07, 6.45) is 3.68. The van der Waals surface area contributed by atoms with Gasteiger partial charge in [-0.25, -0.2) is 9.98 Å². The molecule has 1 aliphatic rings. The molecule has 7 nitrogen and oxygen atoms in total. The highest BCUT2D eigenvalue weighted by atomic mass is 79.9. The van der Waals surface area contributed by atoms with Crippen molar-refractivity contribution in [3.05, 3.63) is 52.9 Å². The Labute approximate surface area is 176 Å². The van der Waals surface area contributed by atoms with Crippen molar-refractivity contribution in [2.24, 2.45) is 4.99 Å². The predicted molar refractivity (Wildman–Crippen MR) is 117 cm³/mol. The Bertz CT molecular complexity index is 1210. The van der Waals surface area contributed by atoms with Crippen molar-refractivity contribution in [2.45, 2.75) is 6.54 Å². The number of para-hydroxylation sites is 1. The number of morpholine rings is 1. The lowest BCUT2D eigenvalue weighted by atomic mass is 10.1. The topological polar surface area (TPSA) is 67.9 Å². The Morgan fingerprint density at radius 3 is 2.83 bits per heavy atom. The van der Waals surface area contributed by atoms with Crippen LogP contribution in [0.1, 0.15) is 5.69 Å². The van der Waals surface area contributed by atoms with Gasteiger partial charge in [-0.2, -0.15) is 9.61 Å². The number of pyridine rings is 1. The minimum atomic E-state index is 0.651. The Kier molecular flexibility index (Phi) is 4.83. The Morgan fingerprint density at radius 2 is 2.00 bits per heavy atom. The molecule has 4 aromatic rings. The largest absolute Gasteiger partial charge is 0.379 e. The first-order chi connectivity index (χ1) is 14.2. The summed E-state index contributed by atoms with van der Waals surface area (Å²) >= 11 is 3.66. The molecule has 3 aromatic heterocycles. The van der Waals surface area contributed by atoms with E-state index in [4.69, 9.17) is 9.72 Å². The summed E-state index contributed by atoms with van der Waals surface area (Å²) in [5, 5.41) is 5.60. The summed E-state index contributed by atoms with van der Waals surface area (Å²) in [5.74, 6) is 0.651. The van der Waals surface area contributed by atoms with Crippen molar-refractivity contribution >= 4 is 45.0 Å². The van der Waals surface area contributed by atoms with Gasteiger partial charge in [0.05, 0.1) is 35.1 Å². The lowest BCUT2D eigenvalue weighted by molar-refractivity contribution is 0.0336. The Morgan fingerprint density at radius 1 is 1.17 bits per heavy atom. The quantitative estimate of drug-likeness (QED) is 0.441. The van der Waals surface area contributed by atoms with Crippen LogP contribution in [0.4, 0.5) is 5.82 Å². The maximum Gasteiger partial charge on any atom is 0.171 e. The van der Waals surface area contributed by atoms with Gasteiger partial charge in [0.1, 0.15) is 0 Å². The first-order valence-corrected chi connectivity index (χ1v) is 10.2. The maximum absolute atomic E-state index is 5.46. The first-order valence-electron chi connectivity index (χ1n) is 9.42. The van der Waals surface area contributed by atoms with E-state index in [0.717, 1.165) is 64.1 Å². The number of rotatable bonds is 4. The number of fused-ring (bicyclic) bond motifs is 2. The van der Waals surface area contributed by atoms with E-state index in [1.807, 2.05) is 30.6 Å². The molecule has 1 saturated heterocycles. The molecular formula is C21H19BrN6O. The van der Waals surface area contributed by atoms with Gasteiger partial charge in [0, 0.05) is 42.3 Å². The smallest absolute Gasteiger partial charge is 0.171 e. The van der Waals surface area contributed by atoms with Gasteiger partial charge in [0.25, 0.3) is 0 Å². The van der Waals surface area contributed by atoms with Gasteiger partial charge in [0.2, 0.25) is 0 Å². The van der Waals surface area contributed by atoms with Gasteiger partial charge < -0.3 is 4.74 Å². The van der Waals surface area contributed by atoms with Crippen molar-refractivity contribution in [1.29, 1.82) is 0 Å². The summed E-state index contributed by atoms with van der Waals surface area (Å²) in [5.41, 5.74) is 4.52. The summed E-state index contributed by atoms with van der Waals surface area (Å²) in [6, 6.07) is 10.2. The number of hydrogen-bond acceptors (Lipinski definition) is 6. The highest BCUT2D eigenvalue weighted by Gasteiger charge is 2.20. The van der Waals surface area contributed by atoms with Crippen LogP contribution in [-0.2, 0) is 11.3 Å². The van der Waals surface area contributed by atoms with E-state index in [1.165, 1.54) is 0 Å². The predicted octanol–water partition coefficient (Wildman–Crippen LogP) is 3.87. The second kappa shape index (κ2) is 7.62. The zero-order chi connectivity index (χ0) is 19.8. The molecule has 0 radical (unpaired) electrons. The van der Waals surface area contributed by atoms with Crippen LogP contribution in [0.2, 0.25) is 0 Å². The number of nitrogens with zero attached hydrogens (tertiary/aromatic N) is 6. The van der Waals surface area contributed by atoms with Crippen LogP contribution in [0.5, 0.6) is 0 Å². The van der Waals surface area contributed by atoms with Gasteiger partial charge in [-0.3, -0.25) is 9.88 Å². The minimum Gasteiger partial charge on any atom is -0.379 e. The molecule has 29 heavy (non-hydrogen) atoms. The number of benzene rings is 1. The molecule has 1 fully saturated rings. The lowest BCUT2D eigenvalue weighted by Gasteiger charge is -2.26. The van der Waals surface area contributed by atoms with Crippen molar-refractivity contribution < 1.29 is 4.74 Å². The molecule has 0 saturated carbocycles. The molecule has 0 spiro atoms. The fourth-order valence-corrected chi connectivity index (χ4v) is 4.15. The van der Waals surface area contributed by atoms with Crippen LogP contribution in [0, 0.1) is 0 Å². The fraction of sp³-hybridized carbons (Fsp3) is 0.238. The zero-order valence-electron chi connectivity index (χ0n) is 15.8. The molecule has 1 aliphatic heterocycles. The van der Waals surface area contributed by atoms with Crippen LogP contribution in [0.3, 0.4) is 0 Å². The highest BCUT2D eigenvalue weighted by Crippen LogP contribution is 2.33. The van der Waals surface area contributed by atoms with E-state index in [9.17, 15) is 0 Å². The molecular weight excluding hydrogens is 432 g/mol. The molecule has 0 aliphatic carbocycles. The SMILES string of the molecule is C=Nc1c(Br)c(CN2CCOCC2)nc2c(-c3cnc4ccccc4c3)cnn12. The van der Waals surface area contributed by atoms with E-state index < -0.39 is 0 Å². The van der Waals surface area contributed by atoms with Crippen LogP contribution in [0.25, 0.3) is 27.7 Å². The van der Waals surface area contributed by atoms with Gasteiger partial charge in [0.15, 0.2) is 11.5 Å². The molecule has 8 heteroatoms. The number of halogens is 1. The number of ether oxygens (including phenoxy) is 1. The summed E-state index contributed by atoms with van der Waals surface area (Å²) in [7, 11) is 0. The maximum atomic E-state index is 5.46. The van der Waals surface area contributed by atoms with Crippen molar-refractivity contribution in [3.8, 4) is 11.1 Å². The fourth-order valence-electron chi connectivity index (χ4n) is 3.64. The average Bonchev–Trinajstić information content (AvgIpc) is 3.18. The van der Waals surface area contributed by atoms with Gasteiger partial charge in [-0.15, -0.1) is 0 Å². The molecule has 4 heterocycles. The van der Waals surface area contributed by atoms with Crippen molar-refractivity contribution in [1.82, 2.24) is 24.5 Å². The molecule has 0 atom stereocenters. The number of hydrogen-bond donors (Lipinski definition) is 0. The van der Waals surface area contributed by atoms with E-state index in [-0.39, 0.29) is 0 Å². The summed E-state index contributed by atoms with van der Waals surface area (Å²) < 4.78 is 8.00. The van der Waals surface area contributed by atoms with Crippen LogP contribution in [0.15, 0.2) is 52.2 Å². The molecule has 0 unspecified atom stereocenters. The molecule has 1 aromatic carbocycles. The minimum absolute atomic E-state index is 0.651. The van der Waals surface area contributed by atoms with E-state index in [1.54, 1.807) is 4.52 Å². The molecule has 146 valence electrons. The second-order valence-corrected chi connectivity index (χ2v) is 7.75. The monoisotopic (exact) mass is 450 g/mol. The Hall–Kier alpha value is -2.68. The Balaban J connectivity index is 1.64. The van der Waals surface area contributed by atoms with Crippen LogP contribution < -0.4 is 0 Å². The van der Waals surface area contributed by atoms with E-state index >= 15 is 0 Å². The van der Waals surface area contributed by atoms with Crippen LogP contribution in [-0.4, -0.2) is 57.5 Å². The summed E-state index contributed by atoms with van der Waals surface area (Å²) in [6.45, 7) is 7.71. The highest BCUT2D eigenvalue weighted by molar-refractivity contribution is 9.10. The van der Waals surface area contributed by atoms with Crippen LogP contribution >= 0.6 is 15.9 Å². The number of aromatic nitrogens is 4. The molecule has 0 N–H and O–H groups in total. The van der Waals surface area contributed by atoms with Crippen molar-refractivity contribution in [3.63, 3.8) is 0 Å². The molecule has 0 amide bonds. The third-order valence-corrected chi connectivity index (χ3v) is 5.98. The first kappa shape index (κ1) is 18.4.